The molecule has 90 valence electrons. The van der Waals surface area contributed by atoms with Crippen LogP contribution in [0.25, 0.3) is 0 Å². The van der Waals surface area contributed by atoms with Crippen LogP contribution in [-0.4, -0.2) is 10.8 Å². The maximum atomic E-state index is 11.7. The monoisotopic (exact) mass is 237 g/mol. The predicted molar refractivity (Wildman–Crippen MR) is 70.8 cm³/mol. The van der Waals surface area contributed by atoms with Gasteiger partial charge in [0.2, 0.25) is 5.91 Å². The molecule has 0 aromatic heterocycles. The van der Waals surface area contributed by atoms with Crippen molar-refractivity contribution < 1.29 is 4.79 Å². The SMILES string of the molecule is O=C1C[C@H](c2ccccc2)N1Cc1ccccc1. The maximum absolute atomic E-state index is 11.7. The van der Waals surface area contributed by atoms with Crippen molar-refractivity contribution in [2.24, 2.45) is 0 Å². The van der Waals surface area contributed by atoms with Gasteiger partial charge < -0.3 is 4.90 Å². The van der Waals surface area contributed by atoms with Crippen LogP contribution in [0.5, 0.6) is 0 Å². The van der Waals surface area contributed by atoms with E-state index >= 15 is 0 Å². The number of carbonyl (C=O) groups is 1. The summed E-state index contributed by atoms with van der Waals surface area (Å²) in [5, 5.41) is 0. The van der Waals surface area contributed by atoms with E-state index in [1.807, 2.05) is 41.3 Å². The first-order valence-corrected chi connectivity index (χ1v) is 6.23. The van der Waals surface area contributed by atoms with E-state index in [1.165, 1.54) is 11.1 Å². The zero-order valence-corrected chi connectivity index (χ0v) is 10.1. The van der Waals surface area contributed by atoms with Crippen LogP contribution in [0.4, 0.5) is 0 Å². The molecule has 2 heteroatoms. The summed E-state index contributed by atoms with van der Waals surface area (Å²) in [5.41, 5.74) is 2.42. The Labute approximate surface area is 107 Å². The molecule has 2 aromatic rings. The van der Waals surface area contributed by atoms with Crippen LogP contribution in [0.3, 0.4) is 0 Å². The van der Waals surface area contributed by atoms with Gasteiger partial charge in [-0.1, -0.05) is 60.7 Å². The van der Waals surface area contributed by atoms with Gasteiger partial charge in [0.25, 0.3) is 0 Å². The molecule has 18 heavy (non-hydrogen) atoms. The standard InChI is InChI=1S/C16H15NO/c18-16-11-15(14-9-5-2-6-10-14)17(16)12-13-7-3-1-4-8-13/h1-10,15H,11-12H2/t15-/m1/s1. The fraction of sp³-hybridized carbons (Fsp3) is 0.188. The first kappa shape index (κ1) is 11.0. The van der Waals surface area contributed by atoms with E-state index in [9.17, 15) is 4.79 Å². The first-order chi connectivity index (χ1) is 8.84. The molecule has 1 fully saturated rings. The van der Waals surface area contributed by atoms with Gasteiger partial charge in [-0.15, -0.1) is 0 Å². The van der Waals surface area contributed by atoms with Crippen LogP contribution >= 0.6 is 0 Å². The number of benzene rings is 2. The molecule has 1 amide bonds. The highest BCUT2D eigenvalue weighted by atomic mass is 16.2. The van der Waals surface area contributed by atoms with Crippen molar-refractivity contribution in [3.05, 3.63) is 71.8 Å². The highest BCUT2D eigenvalue weighted by molar-refractivity contribution is 5.83. The molecular weight excluding hydrogens is 222 g/mol. The van der Waals surface area contributed by atoms with Crippen LogP contribution in [0, 0.1) is 0 Å². The van der Waals surface area contributed by atoms with Crippen LogP contribution in [-0.2, 0) is 11.3 Å². The van der Waals surface area contributed by atoms with Crippen molar-refractivity contribution in [2.75, 3.05) is 0 Å². The minimum Gasteiger partial charge on any atom is -0.331 e. The quantitative estimate of drug-likeness (QED) is 0.751. The second-order valence-corrected chi connectivity index (χ2v) is 4.64. The second kappa shape index (κ2) is 4.65. The Morgan fingerprint density at radius 1 is 0.944 bits per heavy atom. The Hall–Kier alpha value is -2.09. The number of hydrogen-bond donors (Lipinski definition) is 0. The molecule has 1 atom stereocenters. The molecule has 0 saturated carbocycles. The number of nitrogens with zero attached hydrogens (tertiary/aromatic N) is 1. The number of likely N-dealkylation sites (tertiary alicyclic amines) is 1. The molecule has 0 aliphatic carbocycles. The molecule has 0 unspecified atom stereocenters. The van der Waals surface area contributed by atoms with Gasteiger partial charge in [0.05, 0.1) is 12.5 Å². The van der Waals surface area contributed by atoms with E-state index in [2.05, 4.69) is 24.3 Å². The van der Waals surface area contributed by atoms with Gasteiger partial charge in [-0.05, 0) is 11.1 Å². The fourth-order valence-corrected chi connectivity index (χ4v) is 2.41. The Morgan fingerprint density at radius 2 is 1.56 bits per heavy atom. The average molecular weight is 237 g/mol. The molecule has 1 heterocycles. The lowest BCUT2D eigenvalue weighted by Gasteiger charge is -2.41. The molecule has 1 aliphatic heterocycles. The molecule has 0 bridgehead atoms. The van der Waals surface area contributed by atoms with Gasteiger partial charge in [-0.2, -0.15) is 0 Å². The number of carbonyl (C=O) groups excluding carboxylic acids is 1. The highest BCUT2D eigenvalue weighted by Gasteiger charge is 2.36. The largest absolute Gasteiger partial charge is 0.331 e. The van der Waals surface area contributed by atoms with Crippen molar-refractivity contribution in [2.45, 2.75) is 19.0 Å². The molecule has 2 nitrogen and oxygen atoms in total. The fourth-order valence-electron chi connectivity index (χ4n) is 2.41. The summed E-state index contributed by atoms with van der Waals surface area (Å²) in [6, 6.07) is 20.6. The Balaban J connectivity index is 1.77. The van der Waals surface area contributed by atoms with E-state index in [4.69, 9.17) is 0 Å². The van der Waals surface area contributed by atoms with Crippen molar-refractivity contribution in [1.82, 2.24) is 4.90 Å². The maximum Gasteiger partial charge on any atom is 0.225 e. The van der Waals surface area contributed by atoms with Gasteiger partial charge >= 0.3 is 0 Å². The molecule has 1 aliphatic rings. The summed E-state index contributed by atoms with van der Waals surface area (Å²) >= 11 is 0. The molecule has 3 rings (SSSR count). The zero-order chi connectivity index (χ0) is 12.4. The summed E-state index contributed by atoms with van der Waals surface area (Å²) in [7, 11) is 0. The van der Waals surface area contributed by atoms with Crippen molar-refractivity contribution >= 4 is 5.91 Å². The van der Waals surface area contributed by atoms with E-state index in [0.29, 0.717) is 13.0 Å². The molecule has 1 saturated heterocycles. The molecule has 0 spiro atoms. The van der Waals surface area contributed by atoms with Crippen LogP contribution in [0.15, 0.2) is 60.7 Å². The van der Waals surface area contributed by atoms with Crippen LogP contribution < -0.4 is 0 Å². The van der Waals surface area contributed by atoms with Gasteiger partial charge in [0.15, 0.2) is 0 Å². The molecular formula is C16H15NO. The third-order valence-corrected chi connectivity index (χ3v) is 3.44. The number of β-lactam (4-membered cyclic amide) rings is 1. The van der Waals surface area contributed by atoms with E-state index in [0.717, 1.165) is 0 Å². The number of rotatable bonds is 3. The van der Waals surface area contributed by atoms with Gasteiger partial charge in [0, 0.05) is 6.54 Å². The minimum atomic E-state index is 0.243. The van der Waals surface area contributed by atoms with Crippen molar-refractivity contribution in [3.63, 3.8) is 0 Å². The van der Waals surface area contributed by atoms with E-state index in [1.54, 1.807) is 0 Å². The third kappa shape index (κ3) is 2.02. The van der Waals surface area contributed by atoms with Gasteiger partial charge in [0.1, 0.15) is 0 Å². The lowest BCUT2D eigenvalue weighted by Crippen LogP contribution is -2.45. The summed E-state index contributed by atoms with van der Waals surface area (Å²) in [5.74, 6) is 0.243. The number of hydrogen-bond acceptors (Lipinski definition) is 1. The zero-order valence-electron chi connectivity index (χ0n) is 10.1. The Bertz CT molecular complexity index is 536. The summed E-state index contributed by atoms with van der Waals surface area (Å²) < 4.78 is 0. The Morgan fingerprint density at radius 3 is 2.17 bits per heavy atom. The molecule has 0 N–H and O–H groups in total. The summed E-state index contributed by atoms with van der Waals surface area (Å²) in [6.45, 7) is 0.708. The van der Waals surface area contributed by atoms with Crippen LogP contribution in [0.1, 0.15) is 23.6 Å². The smallest absolute Gasteiger partial charge is 0.225 e. The Kier molecular flexibility index (Phi) is 2.85. The molecule has 2 aromatic carbocycles. The highest BCUT2D eigenvalue weighted by Crippen LogP contribution is 2.35. The number of amides is 1. The van der Waals surface area contributed by atoms with E-state index in [-0.39, 0.29) is 11.9 Å². The topological polar surface area (TPSA) is 20.3 Å². The average Bonchev–Trinajstić information content (AvgIpc) is 2.44. The predicted octanol–water partition coefficient (Wildman–Crippen LogP) is 3.16. The van der Waals surface area contributed by atoms with Gasteiger partial charge in [-0.25, -0.2) is 0 Å². The normalized spacial score (nSPS) is 18.6. The van der Waals surface area contributed by atoms with Crippen molar-refractivity contribution in [3.8, 4) is 0 Å². The van der Waals surface area contributed by atoms with Gasteiger partial charge in [-0.3, -0.25) is 4.79 Å². The van der Waals surface area contributed by atoms with E-state index < -0.39 is 0 Å². The second-order valence-electron chi connectivity index (χ2n) is 4.64. The van der Waals surface area contributed by atoms with Crippen molar-refractivity contribution in [1.29, 1.82) is 0 Å². The molecule has 0 radical (unpaired) electrons. The van der Waals surface area contributed by atoms with Crippen LogP contribution in [0.2, 0.25) is 0 Å². The minimum absolute atomic E-state index is 0.243. The third-order valence-electron chi connectivity index (χ3n) is 3.44. The summed E-state index contributed by atoms with van der Waals surface area (Å²) in [6.07, 6.45) is 0.636. The lowest BCUT2D eigenvalue weighted by atomic mass is 9.93. The lowest BCUT2D eigenvalue weighted by molar-refractivity contribution is -0.147. The first-order valence-electron chi connectivity index (χ1n) is 6.23. The summed E-state index contributed by atoms with van der Waals surface area (Å²) in [4.78, 5) is 13.7.